The van der Waals surface area contributed by atoms with E-state index in [1.54, 1.807) is 24.3 Å². The molecule has 2 rings (SSSR count). The number of nitrogens with zero attached hydrogens (tertiary/aromatic N) is 2. The minimum atomic E-state index is -0.462. The summed E-state index contributed by atoms with van der Waals surface area (Å²) in [6.45, 7) is 0. The molecule has 0 spiro atoms. The second kappa shape index (κ2) is 4.91. The van der Waals surface area contributed by atoms with Crippen LogP contribution in [-0.4, -0.2) is 9.91 Å². The molecule has 16 heavy (non-hydrogen) atoms. The highest BCUT2D eigenvalue weighted by atomic mass is 35.5. The molecule has 7 heteroatoms. The molecule has 0 atom stereocenters. The number of halogens is 1. The van der Waals surface area contributed by atoms with Crippen molar-refractivity contribution < 1.29 is 4.92 Å². The Morgan fingerprint density at radius 2 is 1.94 bits per heavy atom. The average Bonchev–Trinajstić information content (AvgIpc) is 2.62. The SMILES string of the molecule is Cl.Nc1nc(-c2ccccc2)c([N+](=O)[O-])s1. The number of rotatable bonds is 2. The Balaban J connectivity index is 0.00000128. The molecule has 84 valence electrons. The molecule has 1 heterocycles. The van der Waals surface area contributed by atoms with Gasteiger partial charge in [-0.25, -0.2) is 4.98 Å². The van der Waals surface area contributed by atoms with E-state index in [-0.39, 0.29) is 22.5 Å². The third-order valence-electron chi connectivity index (χ3n) is 1.84. The van der Waals surface area contributed by atoms with Crippen LogP contribution in [0.5, 0.6) is 0 Å². The molecule has 0 unspecified atom stereocenters. The van der Waals surface area contributed by atoms with Crippen LogP contribution in [0.25, 0.3) is 11.3 Å². The molecule has 2 aromatic rings. The number of nitrogen functional groups attached to an aromatic ring is 1. The van der Waals surface area contributed by atoms with Crippen LogP contribution in [-0.2, 0) is 0 Å². The first kappa shape index (κ1) is 12.4. The van der Waals surface area contributed by atoms with Gasteiger partial charge in [0.15, 0.2) is 10.8 Å². The fraction of sp³-hybridized carbons (Fsp3) is 0. The monoisotopic (exact) mass is 257 g/mol. The third-order valence-corrected chi connectivity index (χ3v) is 2.68. The molecule has 2 N–H and O–H groups in total. The zero-order valence-corrected chi connectivity index (χ0v) is 9.62. The first-order valence-corrected chi connectivity index (χ1v) is 4.96. The maximum Gasteiger partial charge on any atom is 0.353 e. The van der Waals surface area contributed by atoms with Crippen molar-refractivity contribution >= 4 is 33.9 Å². The first-order chi connectivity index (χ1) is 7.18. The summed E-state index contributed by atoms with van der Waals surface area (Å²) in [7, 11) is 0. The number of nitrogens with two attached hydrogens (primary N) is 1. The molecule has 1 aromatic carbocycles. The number of anilines is 1. The maximum absolute atomic E-state index is 10.7. The molecular formula is C9H8ClN3O2S. The molecule has 0 aliphatic heterocycles. The van der Waals surface area contributed by atoms with Gasteiger partial charge in [-0.1, -0.05) is 30.3 Å². The van der Waals surface area contributed by atoms with Crippen molar-refractivity contribution in [3.63, 3.8) is 0 Å². The lowest BCUT2D eigenvalue weighted by Gasteiger charge is -1.94. The van der Waals surface area contributed by atoms with Crippen molar-refractivity contribution in [1.29, 1.82) is 0 Å². The smallest absolute Gasteiger partial charge is 0.353 e. The number of aromatic nitrogens is 1. The summed E-state index contributed by atoms with van der Waals surface area (Å²) in [5.74, 6) is 0. The van der Waals surface area contributed by atoms with Gasteiger partial charge in [-0.3, -0.25) is 10.1 Å². The van der Waals surface area contributed by atoms with Crippen LogP contribution >= 0.6 is 23.7 Å². The number of nitro groups is 1. The van der Waals surface area contributed by atoms with Gasteiger partial charge < -0.3 is 5.73 Å². The van der Waals surface area contributed by atoms with Gasteiger partial charge in [0.05, 0.1) is 4.92 Å². The summed E-state index contributed by atoms with van der Waals surface area (Å²) in [5, 5.41) is 10.9. The second-order valence-electron chi connectivity index (χ2n) is 2.83. The highest BCUT2D eigenvalue weighted by Crippen LogP contribution is 2.35. The van der Waals surface area contributed by atoms with E-state index in [1.165, 1.54) is 0 Å². The van der Waals surface area contributed by atoms with Crippen molar-refractivity contribution in [2.75, 3.05) is 5.73 Å². The van der Waals surface area contributed by atoms with Gasteiger partial charge in [-0.05, 0) is 11.3 Å². The number of hydrogen-bond acceptors (Lipinski definition) is 5. The Bertz CT molecular complexity index is 501. The lowest BCUT2D eigenvalue weighted by Crippen LogP contribution is -1.88. The average molecular weight is 258 g/mol. The minimum Gasteiger partial charge on any atom is -0.375 e. The molecule has 5 nitrogen and oxygen atoms in total. The van der Waals surface area contributed by atoms with Crippen molar-refractivity contribution in [3.05, 3.63) is 40.4 Å². The topological polar surface area (TPSA) is 82.0 Å². The molecular weight excluding hydrogens is 250 g/mol. The van der Waals surface area contributed by atoms with Gasteiger partial charge >= 0.3 is 5.00 Å². The minimum absolute atomic E-state index is 0. The molecule has 0 saturated carbocycles. The van der Waals surface area contributed by atoms with E-state index in [2.05, 4.69) is 4.98 Å². The quantitative estimate of drug-likeness (QED) is 0.662. The van der Waals surface area contributed by atoms with Crippen LogP contribution in [0.1, 0.15) is 0 Å². The van der Waals surface area contributed by atoms with Gasteiger partial charge in [0.25, 0.3) is 0 Å². The van der Waals surface area contributed by atoms with Crippen LogP contribution in [0.4, 0.5) is 10.1 Å². The van der Waals surface area contributed by atoms with Crippen LogP contribution in [0.2, 0.25) is 0 Å². The van der Waals surface area contributed by atoms with Gasteiger partial charge in [-0.15, -0.1) is 12.4 Å². The summed E-state index contributed by atoms with van der Waals surface area (Å²) in [4.78, 5) is 14.2. The molecule has 0 radical (unpaired) electrons. The lowest BCUT2D eigenvalue weighted by atomic mass is 10.2. The van der Waals surface area contributed by atoms with Gasteiger partial charge in [0.2, 0.25) is 0 Å². The molecule has 0 aliphatic rings. The molecule has 0 bridgehead atoms. The van der Waals surface area contributed by atoms with Crippen molar-refractivity contribution in [2.24, 2.45) is 0 Å². The van der Waals surface area contributed by atoms with Gasteiger partial charge in [-0.2, -0.15) is 0 Å². The van der Waals surface area contributed by atoms with Crippen LogP contribution in [0, 0.1) is 10.1 Å². The zero-order valence-electron chi connectivity index (χ0n) is 7.99. The Morgan fingerprint density at radius 1 is 1.31 bits per heavy atom. The van der Waals surface area contributed by atoms with E-state index < -0.39 is 4.92 Å². The standard InChI is InChI=1S/C9H7N3O2S.ClH/c10-9-11-7(8(15-9)12(13)14)6-4-2-1-3-5-6;/h1-5H,(H2,10,11);1H. The third kappa shape index (κ3) is 2.29. The van der Waals surface area contributed by atoms with Crippen LogP contribution in [0.15, 0.2) is 30.3 Å². The molecule has 0 aliphatic carbocycles. The Hall–Kier alpha value is -1.66. The van der Waals surface area contributed by atoms with Crippen molar-refractivity contribution in [2.45, 2.75) is 0 Å². The number of benzene rings is 1. The van der Waals surface area contributed by atoms with Crippen molar-refractivity contribution in [1.82, 2.24) is 4.98 Å². The molecule has 0 amide bonds. The maximum atomic E-state index is 10.7. The van der Waals surface area contributed by atoms with E-state index >= 15 is 0 Å². The predicted octanol–water partition coefficient (Wildman–Crippen LogP) is 2.72. The summed E-state index contributed by atoms with van der Waals surface area (Å²) in [5.41, 5.74) is 6.50. The zero-order chi connectivity index (χ0) is 10.8. The Morgan fingerprint density at radius 3 is 2.50 bits per heavy atom. The Kier molecular flexibility index (Phi) is 3.81. The Labute approximate surface area is 101 Å². The molecule has 0 saturated heterocycles. The van der Waals surface area contributed by atoms with E-state index in [1.807, 2.05) is 6.07 Å². The molecule has 0 fully saturated rings. The summed E-state index contributed by atoms with van der Waals surface area (Å²) in [6.07, 6.45) is 0. The first-order valence-electron chi connectivity index (χ1n) is 4.14. The number of thiazole rings is 1. The summed E-state index contributed by atoms with van der Waals surface area (Å²) >= 11 is 0.885. The van der Waals surface area contributed by atoms with Gasteiger partial charge in [0.1, 0.15) is 0 Å². The summed E-state index contributed by atoms with van der Waals surface area (Å²) < 4.78 is 0. The van der Waals surface area contributed by atoms with E-state index in [0.29, 0.717) is 11.3 Å². The van der Waals surface area contributed by atoms with Gasteiger partial charge in [0, 0.05) is 5.56 Å². The van der Waals surface area contributed by atoms with Crippen molar-refractivity contribution in [3.8, 4) is 11.3 Å². The normalized spacial score (nSPS) is 9.50. The highest BCUT2D eigenvalue weighted by Gasteiger charge is 2.21. The number of hydrogen-bond donors (Lipinski definition) is 1. The fourth-order valence-electron chi connectivity index (χ4n) is 1.24. The van der Waals surface area contributed by atoms with E-state index in [0.717, 1.165) is 11.3 Å². The largest absolute Gasteiger partial charge is 0.375 e. The highest BCUT2D eigenvalue weighted by molar-refractivity contribution is 7.19. The summed E-state index contributed by atoms with van der Waals surface area (Å²) in [6, 6.07) is 8.97. The van der Waals surface area contributed by atoms with Crippen LogP contribution < -0.4 is 5.73 Å². The van der Waals surface area contributed by atoms with E-state index in [4.69, 9.17) is 5.73 Å². The predicted molar refractivity (Wildman–Crippen MR) is 65.9 cm³/mol. The molecule has 1 aromatic heterocycles. The second-order valence-corrected chi connectivity index (χ2v) is 3.84. The lowest BCUT2D eigenvalue weighted by molar-refractivity contribution is -0.379. The fourth-order valence-corrected chi connectivity index (χ4v) is 1.91. The van der Waals surface area contributed by atoms with Crippen LogP contribution in [0.3, 0.4) is 0 Å². The van der Waals surface area contributed by atoms with E-state index in [9.17, 15) is 10.1 Å².